The summed E-state index contributed by atoms with van der Waals surface area (Å²) < 4.78 is 27.6. The van der Waals surface area contributed by atoms with Gasteiger partial charge >= 0.3 is 0 Å². The SMILES string of the molecule is CN(c1ccccc1Cn1ccc2cnc(Nc3ccc(N4CCN5C(=O)CCC5C4)cc3)nc21)S(C)(=O)=O. The number of rotatable bonds is 7. The molecule has 2 aromatic heterocycles. The van der Waals surface area contributed by atoms with Crippen LogP contribution in [0.5, 0.6) is 0 Å². The number of carbonyl (C=O) groups excluding carboxylic acids is 1. The van der Waals surface area contributed by atoms with Crippen molar-refractivity contribution in [3.05, 3.63) is 72.6 Å². The normalized spacial score (nSPS) is 17.5. The maximum Gasteiger partial charge on any atom is 0.232 e. The number of nitrogens with zero attached hydrogens (tertiary/aromatic N) is 6. The van der Waals surface area contributed by atoms with Crippen LogP contribution in [0.25, 0.3) is 11.0 Å². The lowest BCUT2D eigenvalue weighted by molar-refractivity contribution is -0.129. The van der Waals surface area contributed by atoms with Gasteiger partial charge in [0.1, 0.15) is 5.65 Å². The molecule has 2 aliphatic heterocycles. The Labute approximate surface area is 227 Å². The van der Waals surface area contributed by atoms with Crippen LogP contribution < -0.4 is 14.5 Å². The van der Waals surface area contributed by atoms with Crippen molar-refractivity contribution < 1.29 is 13.2 Å². The third-order valence-corrected chi connectivity index (χ3v) is 8.85. The second-order valence-corrected chi connectivity index (χ2v) is 12.2. The van der Waals surface area contributed by atoms with E-state index in [0.29, 0.717) is 30.6 Å². The highest BCUT2D eigenvalue weighted by atomic mass is 32.2. The summed E-state index contributed by atoms with van der Waals surface area (Å²) in [4.78, 5) is 25.6. The average Bonchev–Trinajstić information content (AvgIpc) is 3.51. The van der Waals surface area contributed by atoms with Crippen LogP contribution in [0.15, 0.2) is 67.0 Å². The van der Waals surface area contributed by atoms with Crippen molar-refractivity contribution in [2.45, 2.75) is 25.4 Å². The van der Waals surface area contributed by atoms with Crippen LogP contribution in [-0.2, 0) is 21.4 Å². The van der Waals surface area contributed by atoms with Crippen molar-refractivity contribution in [2.24, 2.45) is 0 Å². The minimum absolute atomic E-state index is 0.285. The van der Waals surface area contributed by atoms with Crippen molar-refractivity contribution in [1.82, 2.24) is 19.4 Å². The molecule has 11 heteroatoms. The lowest BCUT2D eigenvalue weighted by Gasteiger charge is -2.38. The van der Waals surface area contributed by atoms with Crippen molar-refractivity contribution in [3.8, 4) is 0 Å². The fourth-order valence-corrected chi connectivity index (χ4v) is 5.99. The minimum Gasteiger partial charge on any atom is -0.368 e. The summed E-state index contributed by atoms with van der Waals surface area (Å²) >= 11 is 0. The number of carbonyl (C=O) groups is 1. The number of amides is 1. The van der Waals surface area contributed by atoms with E-state index >= 15 is 0 Å². The molecule has 1 unspecified atom stereocenters. The molecule has 2 aliphatic rings. The topological polar surface area (TPSA) is 104 Å². The fraction of sp³-hybridized carbons (Fsp3) is 0.321. The molecule has 10 nitrogen and oxygen atoms in total. The second kappa shape index (κ2) is 9.88. The molecule has 0 saturated carbocycles. The first-order valence-corrected chi connectivity index (χ1v) is 14.9. The molecule has 2 saturated heterocycles. The number of hydrogen-bond acceptors (Lipinski definition) is 7. The molecule has 202 valence electrons. The van der Waals surface area contributed by atoms with Crippen molar-refractivity contribution in [3.63, 3.8) is 0 Å². The van der Waals surface area contributed by atoms with Crippen LogP contribution in [-0.4, -0.2) is 72.7 Å². The largest absolute Gasteiger partial charge is 0.368 e. The number of nitrogens with one attached hydrogen (secondary N) is 1. The lowest BCUT2D eigenvalue weighted by Crippen LogP contribution is -2.51. The summed E-state index contributed by atoms with van der Waals surface area (Å²) in [6.07, 6.45) is 6.53. The Bertz CT molecular complexity index is 1630. The van der Waals surface area contributed by atoms with Crippen molar-refractivity contribution in [2.75, 3.05) is 47.5 Å². The smallest absolute Gasteiger partial charge is 0.232 e. The van der Waals surface area contributed by atoms with Gasteiger partial charge < -0.3 is 19.7 Å². The molecular weight excluding hydrogens is 514 g/mol. The number of para-hydroxylation sites is 1. The summed E-state index contributed by atoms with van der Waals surface area (Å²) in [6.45, 7) is 2.96. The van der Waals surface area contributed by atoms with E-state index in [2.05, 4.69) is 27.3 Å². The third-order valence-electron chi connectivity index (χ3n) is 7.65. The van der Waals surface area contributed by atoms with Crippen LogP contribution in [0.1, 0.15) is 18.4 Å². The van der Waals surface area contributed by atoms with E-state index in [1.165, 1.54) is 10.6 Å². The van der Waals surface area contributed by atoms with Crippen molar-refractivity contribution >= 4 is 50.0 Å². The van der Waals surface area contributed by atoms with E-state index in [0.717, 1.165) is 54.0 Å². The summed E-state index contributed by atoms with van der Waals surface area (Å²) in [5, 5.41) is 4.20. The monoisotopic (exact) mass is 545 g/mol. The van der Waals surface area contributed by atoms with Gasteiger partial charge in [-0.05, 0) is 48.4 Å². The van der Waals surface area contributed by atoms with Crippen molar-refractivity contribution in [1.29, 1.82) is 0 Å². The molecule has 1 amide bonds. The Kier molecular flexibility index (Phi) is 6.38. The molecule has 6 rings (SSSR count). The lowest BCUT2D eigenvalue weighted by atomic mass is 10.1. The summed E-state index contributed by atoms with van der Waals surface area (Å²) in [6, 6.07) is 18.0. The summed E-state index contributed by atoms with van der Waals surface area (Å²) in [7, 11) is -1.83. The van der Waals surface area contributed by atoms with E-state index in [1.807, 2.05) is 52.1 Å². The van der Waals surface area contributed by atoms with Crippen LogP contribution in [0, 0.1) is 0 Å². The number of piperazine rings is 1. The highest BCUT2D eigenvalue weighted by Crippen LogP contribution is 2.28. The van der Waals surface area contributed by atoms with Gasteiger partial charge in [-0.3, -0.25) is 9.10 Å². The van der Waals surface area contributed by atoms with Gasteiger partial charge in [0.2, 0.25) is 21.9 Å². The highest BCUT2D eigenvalue weighted by molar-refractivity contribution is 7.92. The first-order valence-electron chi connectivity index (χ1n) is 13.0. The Hall–Kier alpha value is -4.12. The maximum atomic E-state index is 12.2. The number of benzene rings is 2. The molecule has 0 radical (unpaired) electrons. The zero-order chi connectivity index (χ0) is 27.1. The van der Waals surface area contributed by atoms with Crippen LogP contribution in [0.3, 0.4) is 0 Å². The predicted molar refractivity (Wildman–Crippen MR) is 153 cm³/mol. The standard InChI is InChI=1S/C28H31N7O3S/c1-32(39(2,37)38)25-6-4-3-5-21(25)18-34-14-13-20-17-29-28(31-27(20)34)30-22-7-9-23(10-8-22)33-15-16-35-24(19-33)11-12-26(35)36/h3-10,13-14,17,24H,11-12,15-16,18-19H2,1-2H3,(H,29,30,31). The molecule has 39 heavy (non-hydrogen) atoms. The van der Waals surface area contributed by atoms with Gasteiger partial charge in [-0.15, -0.1) is 0 Å². The van der Waals surface area contributed by atoms with Crippen LogP contribution >= 0.6 is 0 Å². The second-order valence-electron chi connectivity index (χ2n) is 10.2. The molecule has 0 aliphatic carbocycles. The van der Waals surface area contributed by atoms with Gasteiger partial charge in [0.15, 0.2) is 0 Å². The van der Waals surface area contributed by atoms with Gasteiger partial charge in [-0.2, -0.15) is 4.98 Å². The van der Waals surface area contributed by atoms with Gasteiger partial charge in [0, 0.05) is 68.3 Å². The van der Waals surface area contributed by atoms with Gasteiger partial charge in [-0.25, -0.2) is 13.4 Å². The van der Waals surface area contributed by atoms with Crippen LogP contribution in [0.4, 0.5) is 23.0 Å². The molecule has 2 fully saturated rings. The Morgan fingerprint density at radius 2 is 1.87 bits per heavy atom. The average molecular weight is 546 g/mol. The highest BCUT2D eigenvalue weighted by Gasteiger charge is 2.35. The maximum absolute atomic E-state index is 12.2. The number of anilines is 4. The van der Waals surface area contributed by atoms with Crippen LogP contribution in [0.2, 0.25) is 0 Å². The third kappa shape index (κ3) is 5.01. The number of fused-ring (bicyclic) bond motifs is 2. The van der Waals surface area contributed by atoms with Gasteiger partial charge in [-0.1, -0.05) is 18.2 Å². The summed E-state index contributed by atoms with van der Waals surface area (Å²) in [5.41, 5.74) is 4.28. The molecule has 0 spiro atoms. The molecule has 4 aromatic rings. The molecule has 1 N–H and O–H groups in total. The fourth-order valence-electron chi connectivity index (χ4n) is 5.46. The molecule has 1 atom stereocenters. The van der Waals surface area contributed by atoms with E-state index < -0.39 is 10.0 Å². The zero-order valence-corrected chi connectivity index (χ0v) is 22.8. The predicted octanol–water partition coefficient (Wildman–Crippen LogP) is 3.43. The van der Waals surface area contributed by atoms with Gasteiger partial charge in [0.25, 0.3) is 0 Å². The molecule has 0 bridgehead atoms. The Morgan fingerprint density at radius 3 is 2.67 bits per heavy atom. The Morgan fingerprint density at radius 1 is 1.08 bits per heavy atom. The first-order chi connectivity index (χ1) is 18.8. The number of aromatic nitrogens is 3. The van der Waals surface area contributed by atoms with E-state index in [-0.39, 0.29) is 5.91 Å². The molecule has 2 aromatic carbocycles. The van der Waals surface area contributed by atoms with E-state index in [9.17, 15) is 13.2 Å². The summed E-state index contributed by atoms with van der Waals surface area (Å²) in [5.74, 6) is 0.766. The quantitative estimate of drug-likeness (QED) is 0.380. The minimum atomic E-state index is -3.39. The molecule has 4 heterocycles. The zero-order valence-electron chi connectivity index (χ0n) is 22.0. The van der Waals surface area contributed by atoms with E-state index in [4.69, 9.17) is 4.98 Å². The number of hydrogen-bond donors (Lipinski definition) is 1. The number of sulfonamides is 1. The Balaban J connectivity index is 1.19. The van der Waals surface area contributed by atoms with Gasteiger partial charge in [0.05, 0.1) is 18.5 Å². The first kappa shape index (κ1) is 25.2. The van der Waals surface area contributed by atoms with E-state index in [1.54, 1.807) is 19.3 Å². The molecular formula is C28H31N7O3S.